The zero-order chi connectivity index (χ0) is 15.4. The largest absolute Gasteiger partial charge is 0.462 e. The van der Waals surface area contributed by atoms with Crippen LogP contribution in [0.3, 0.4) is 0 Å². The average Bonchev–Trinajstić information content (AvgIpc) is 2.45. The Bertz CT molecular complexity index is 674. The van der Waals surface area contributed by atoms with Crippen molar-refractivity contribution >= 4 is 23.2 Å². The molecular weight excluding hydrogens is 273 g/mol. The van der Waals surface area contributed by atoms with Crippen molar-refractivity contribution in [3.63, 3.8) is 0 Å². The molecule has 0 aliphatic heterocycles. The second kappa shape index (κ2) is 6.21. The molecule has 3 N–H and O–H groups in total. The van der Waals surface area contributed by atoms with Gasteiger partial charge in [-0.2, -0.15) is 0 Å². The van der Waals surface area contributed by atoms with Crippen molar-refractivity contribution in [3.8, 4) is 0 Å². The highest BCUT2D eigenvalue weighted by Crippen LogP contribution is 2.22. The van der Waals surface area contributed by atoms with E-state index in [1.807, 2.05) is 0 Å². The molecule has 0 aliphatic carbocycles. The highest BCUT2D eigenvalue weighted by molar-refractivity contribution is 5.96. The van der Waals surface area contributed by atoms with Gasteiger partial charge in [0.15, 0.2) is 0 Å². The van der Waals surface area contributed by atoms with Gasteiger partial charge >= 0.3 is 5.97 Å². The summed E-state index contributed by atoms with van der Waals surface area (Å²) in [5.74, 6) is -0.497. The second-order valence-electron chi connectivity index (χ2n) is 4.47. The molecule has 1 aromatic carbocycles. The van der Waals surface area contributed by atoms with Gasteiger partial charge in [-0.1, -0.05) is 0 Å². The zero-order valence-corrected chi connectivity index (χ0v) is 11.8. The first-order chi connectivity index (χ1) is 10.0. The van der Waals surface area contributed by atoms with E-state index in [1.54, 1.807) is 26.0 Å². The summed E-state index contributed by atoms with van der Waals surface area (Å²) < 4.78 is 18.2. The Balaban J connectivity index is 2.34. The first-order valence-electron chi connectivity index (χ1n) is 6.47. The fourth-order valence-corrected chi connectivity index (χ4v) is 1.80. The number of benzene rings is 1. The molecule has 1 aromatic heterocycles. The average molecular weight is 289 g/mol. The lowest BCUT2D eigenvalue weighted by Gasteiger charge is -2.11. The molecule has 1 heterocycles. The minimum absolute atomic E-state index is 0.235. The van der Waals surface area contributed by atoms with Gasteiger partial charge in [-0.25, -0.2) is 14.2 Å². The summed E-state index contributed by atoms with van der Waals surface area (Å²) in [6, 6.07) is 6.03. The number of nitrogens with two attached hydrogens (primary N) is 1. The van der Waals surface area contributed by atoms with Crippen molar-refractivity contribution in [1.82, 2.24) is 4.98 Å². The van der Waals surface area contributed by atoms with Gasteiger partial charge < -0.3 is 15.8 Å². The molecule has 0 spiro atoms. The van der Waals surface area contributed by atoms with E-state index in [1.165, 1.54) is 18.3 Å². The molecule has 0 aliphatic rings. The number of nitrogens with one attached hydrogen (secondary N) is 1. The maximum atomic E-state index is 13.3. The highest BCUT2D eigenvalue weighted by atomic mass is 19.1. The second-order valence-corrected chi connectivity index (χ2v) is 4.47. The Morgan fingerprint density at radius 3 is 2.86 bits per heavy atom. The topological polar surface area (TPSA) is 77.2 Å². The smallest absolute Gasteiger partial charge is 0.341 e. The molecule has 0 atom stereocenters. The molecule has 2 rings (SSSR count). The SMILES string of the molecule is CCOC(=O)c1cc(N)cnc1Nc1ccc(F)c(C)c1. The number of esters is 1. The van der Waals surface area contributed by atoms with Gasteiger partial charge in [0.1, 0.15) is 17.2 Å². The number of aryl methyl sites for hydroxylation is 1. The molecule has 0 saturated heterocycles. The lowest BCUT2D eigenvalue weighted by molar-refractivity contribution is 0.0527. The number of nitrogen functional groups attached to an aromatic ring is 1. The Morgan fingerprint density at radius 1 is 1.43 bits per heavy atom. The summed E-state index contributed by atoms with van der Waals surface area (Å²) in [6.07, 6.45) is 1.43. The molecule has 0 unspecified atom stereocenters. The van der Waals surface area contributed by atoms with Crippen LogP contribution in [0.15, 0.2) is 30.5 Å². The van der Waals surface area contributed by atoms with Crippen LogP contribution in [0.5, 0.6) is 0 Å². The minimum atomic E-state index is -0.515. The van der Waals surface area contributed by atoms with Crippen molar-refractivity contribution < 1.29 is 13.9 Å². The van der Waals surface area contributed by atoms with Crippen LogP contribution in [0.2, 0.25) is 0 Å². The van der Waals surface area contributed by atoms with Gasteiger partial charge in [-0.05, 0) is 43.7 Å². The van der Waals surface area contributed by atoms with Crippen molar-refractivity contribution in [2.45, 2.75) is 13.8 Å². The van der Waals surface area contributed by atoms with E-state index >= 15 is 0 Å². The van der Waals surface area contributed by atoms with E-state index in [0.29, 0.717) is 22.8 Å². The van der Waals surface area contributed by atoms with Crippen LogP contribution in [-0.2, 0) is 4.74 Å². The third-order valence-electron chi connectivity index (χ3n) is 2.82. The number of halogens is 1. The number of carbonyl (C=O) groups is 1. The van der Waals surface area contributed by atoms with E-state index in [2.05, 4.69) is 10.3 Å². The zero-order valence-electron chi connectivity index (χ0n) is 11.8. The molecule has 0 bridgehead atoms. The predicted molar refractivity (Wildman–Crippen MR) is 79.0 cm³/mol. The van der Waals surface area contributed by atoms with E-state index in [0.717, 1.165) is 0 Å². The predicted octanol–water partition coefficient (Wildman–Crippen LogP) is 3.03. The molecule has 0 amide bonds. The standard InChI is InChI=1S/C15H16FN3O2/c1-3-21-15(20)12-7-10(17)8-18-14(12)19-11-4-5-13(16)9(2)6-11/h4-8H,3,17H2,1-2H3,(H,18,19). The van der Waals surface area contributed by atoms with Crippen LogP contribution in [0, 0.1) is 12.7 Å². The first kappa shape index (κ1) is 14.8. The Labute approximate surface area is 121 Å². The molecule has 21 heavy (non-hydrogen) atoms. The van der Waals surface area contributed by atoms with Crippen LogP contribution < -0.4 is 11.1 Å². The fourth-order valence-electron chi connectivity index (χ4n) is 1.80. The maximum absolute atomic E-state index is 13.3. The van der Waals surface area contributed by atoms with E-state index < -0.39 is 5.97 Å². The molecule has 6 heteroatoms. The molecule has 0 fully saturated rings. The number of carbonyl (C=O) groups excluding carboxylic acids is 1. The van der Waals surface area contributed by atoms with Gasteiger partial charge in [0.05, 0.1) is 18.5 Å². The lowest BCUT2D eigenvalue weighted by atomic mass is 10.2. The van der Waals surface area contributed by atoms with E-state index in [-0.39, 0.29) is 18.0 Å². The Kier molecular flexibility index (Phi) is 4.37. The van der Waals surface area contributed by atoms with E-state index in [4.69, 9.17) is 10.5 Å². The third-order valence-corrected chi connectivity index (χ3v) is 2.82. The summed E-state index contributed by atoms with van der Waals surface area (Å²) in [5.41, 5.74) is 7.36. The van der Waals surface area contributed by atoms with Crippen LogP contribution in [0.25, 0.3) is 0 Å². The number of anilines is 3. The quantitative estimate of drug-likeness (QED) is 0.846. The van der Waals surface area contributed by atoms with Gasteiger partial charge in [0, 0.05) is 5.69 Å². The third kappa shape index (κ3) is 3.47. The van der Waals surface area contributed by atoms with Crippen LogP contribution in [0.4, 0.5) is 21.6 Å². The minimum Gasteiger partial charge on any atom is -0.462 e. The van der Waals surface area contributed by atoms with Crippen molar-refractivity contribution in [2.75, 3.05) is 17.7 Å². The summed E-state index contributed by atoms with van der Waals surface area (Å²) in [4.78, 5) is 16.0. The molecule has 110 valence electrons. The van der Waals surface area contributed by atoms with Gasteiger partial charge in [-0.15, -0.1) is 0 Å². The summed E-state index contributed by atoms with van der Waals surface area (Å²) in [7, 11) is 0. The fraction of sp³-hybridized carbons (Fsp3) is 0.200. The number of pyridine rings is 1. The van der Waals surface area contributed by atoms with E-state index in [9.17, 15) is 9.18 Å². The van der Waals surface area contributed by atoms with Gasteiger partial charge in [0.25, 0.3) is 0 Å². The van der Waals surface area contributed by atoms with Crippen molar-refractivity contribution in [1.29, 1.82) is 0 Å². The molecule has 5 nitrogen and oxygen atoms in total. The molecule has 0 saturated carbocycles. The normalized spacial score (nSPS) is 10.2. The number of hydrogen-bond donors (Lipinski definition) is 2. The van der Waals surface area contributed by atoms with Crippen LogP contribution in [0.1, 0.15) is 22.8 Å². The lowest BCUT2D eigenvalue weighted by Crippen LogP contribution is -2.10. The summed E-state index contributed by atoms with van der Waals surface area (Å²) in [5, 5.41) is 2.97. The van der Waals surface area contributed by atoms with Crippen molar-refractivity contribution in [3.05, 3.63) is 47.4 Å². The number of nitrogens with zero attached hydrogens (tertiary/aromatic N) is 1. The monoisotopic (exact) mass is 289 g/mol. The van der Waals surface area contributed by atoms with Crippen LogP contribution >= 0.6 is 0 Å². The number of hydrogen-bond acceptors (Lipinski definition) is 5. The van der Waals surface area contributed by atoms with Crippen LogP contribution in [-0.4, -0.2) is 17.6 Å². The number of aromatic nitrogens is 1. The summed E-state index contributed by atoms with van der Waals surface area (Å²) >= 11 is 0. The van der Waals surface area contributed by atoms with Crippen molar-refractivity contribution in [2.24, 2.45) is 0 Å². The number of rotatable bonds is 4. The number of ether oxygens (including phenoxy) is 1. The van der Waals surface area contributed by atoms with Gasteiger partial charge in [0.2, 0.25) is 0 Å². The molecule has 0 radical (unpaired) electrons. The Hall–Kier alpha value is -2.63. The molecule has 2 aromatic rings. The Morgan fingerprint density at radius 2 is 2.19 bits per heavy atom. The first-order valence-corrected chi connectivity index (χ1v) is 6.47. The maximum Gasteiger partial charge on any atom is 0.341 e. The molecular formula is C15H16FN3O2. The highest BCUT2D eigenvalue weighted by Gasteiger charge is 2.15. The van der Waals surface area contributed by atoms with Gasteiger partial charge in [-0.3, -0.25) is 0 Å². The summed E-state index contributed by atoms with van der Waals surface area (Å²) in [6.45, 7) is 3.62.